The van der Waals surface area contributed by atoms with Crippen LogP contribution in [0.1, 0.15) is 22.3 Å². The van der Waals surface area contributed by atoms with E-state index in [4.69, 9.17) is 9.97 Å². The lowest BCUT2D eigenvalue weighted by Crippen LogP contribution is -2.00. The first kappa shape index (κ1) is 17.7. The number of aryl methyl sites for hydroxylation is 2. The maximum atomic E-state index is 10.2. The standard InChI is InChI=1S/C26H19N5/c1-16-12-20-21(13-17(16)2)29-25-24(28-20)19(14-27)26-30(15-18-8-4-3-5-9-18)22-10-6-7-11-23(22)31(25)26/h3-13H,15H2,1-2H3. The van der Waals surface area contributed by atoms with Crippen LogP contribution in [0, 0.1) is 25.2 Å². The maximum Gasteiger partial charge on any atom is 0.167 e. The number of para-hydroxylation sites is 2. The number of benzene rings is 3. The molecule has 5 nitrogen and oxygen atoms in total. The van der Waals surface area contributed by atoms with Crippen LogP contribution in [0.25, 0.3) is 38.9 Å². The zero-order valence-electron chi connectivity index (χ0n) is 17.3. The van der Waals surface area contributed by atoms with Gasteiger partial charge in [-0.1, -0.05) is 42.5 Å². The minimum absolute atomic E-state index is 0.565. The summed E-state index contributed by atoms with van der Waals surface area (Å²) in [6.45, 7) is 4.82. The van der Waals surface area contributed by atoms with Crippen molar-refractivity contribution in [3.63, 3.8) is 0 Å². The van der Waals surface area contributed by atoms with Crippen molar-refractivity contribution in [3.8, 4) is 6.07 Å². The van der Waals surface area contributed by atoms with Crippen molar-refractivity contribution >= 4 is 38.9 Å². The van der Waals surface area contributed by atoms with E-state index in [0.717, 1.165) is 33.4 Å². The molecule has 0 fully saturated rings. The summed E-state index contributed by atoms with van der Waals surface area (Å²) in [6.07, 6.45) is 0. The van der Waals surface area contributed by atoms with Gasteiger partial charge in [0.15, 0.2) is 5.65 Å². The molecule has 0 unspecified atom stereocenters. The number of aromatic nitrogens is 4. The molecule has 0 spiro atoms. The summed E-state index contributed by atoms with van der Waals surface area (Å²) in [4.78, 5) is 9.88. The Labute approximate surface area is 178 Å². The largest absolute Gasteiger partial charge is 0.320 e. The number of fused-ring (bicyclic) bond motifs is 6. The average molecular weight is 401 g/mol. The van der Waals surface area contributed by atoms with Gasteiger partial charge in [-0.15, -0.1) is 0 Å². The summed E-state index contributed by atoms with van der Waals surface area (Å²) in [6, 6.07) is 25.1. The highest BCUT2D eigenvalue weighted by atomic mass is 15.2. The van der Waals surface area contributed by atoms with Crippen molar-refractivity contribution in [2.24, 2.45) is 0 Å². The van der Waals surface area contributed by atoms with Gasteiger partial charge in [-0.2, -0.15) is 5.26 Å². The van der Waals surface area contributed by atoms with E-state index in [2.05, 4.69) is 65.3 Å². The van der Waals surface area contributed by atoms with E-state index in [1.165, 1.54) is 16.7 Å². The Morgan fingerprint density at radius 3 is 2.19 bits per heavy atom. The molecule has 3 aromatic heterocycles. The second-order valence-corrected chi connectivity index (χ2v) is 8.03. The minimum atomic E-state index is 0.565. The highest BCUT2D eigenvalue weighted by molar-refractivity contribution is 5.99. The number of imidazole rings is 1. The maximum absolute atomic E-state index is 10.2. The molecule has 0 saturated carbocycles. The zero-order chi connectivity index (χ0) is 21.1. The van der Waals surface area contributed by atoms with Gasteiger partial charge in [-0.05, 0) is 54.8 Å². The molecule has 0 aliphatic carbocycles. The second kappa shape index (κ2) is 6.41. The van der Waals surface area contributed by atoms with Gasteiger partial charge in [-0.3, -0.25) is 4.40 Å². The van der Waals surface area contributed by atoms with Crippen LogP contribution in [0.15, 0.2) is 66.7 Å². The van der Waals surface area contributed by atoms with Gasteiger partial charge >= 0.3 is 0 Å². The molecular formula is C26H19N5. The highest BCUT2D eigenvalue weighted by Gasteiger charge is 2.23. The Morgan fingerprint density at radius 1 is 0.839 bits per heavy atom. The Hall–Kier alpha value is -4.17. The van der Waals surface area contributed by atoms with Crippen molar-refractivity contribution in [1.29, 1.82) is 5.26 Å². The molecule has 6 rings (SSSR count). The molecule has 3 heterocycles. The van der Waals surface area contributed by atoms with E-state index in [1.54, 1.807) is 0 Å². The van der Waals surface area contributed by atoms with Crippen LogP contribution in [0.2, 0.25) is 0 Å². The van der Waals surface area contributed by atoms with E-state index in [-0.39, 0.29) is 0 Å². The van der Waals surface area contributed by atoms with Crippen molar-refractivity contribution in [2.75, 3.05) is 0 Å². The Balaban J connectivity index is 1.79. The van der Waals surface area contributed by atoms with E-state index in [1.807, 2.05) is 30.3 Å². The molecule has 0 atom stereocenters. The molecule has 0 N–H and O–H groups in total. The number of nitrogens with zero attached hydrogens (tertiary/aromatic N) is 5. The first-order valence-electron chi connectivity index (χ1n) is 10.3. The van der Waals surface area contributed by atoms with Crippen LogP contribution in [0.5, 0.6) is 0 Å². The summed E-state index contributed by atoms with van der Waals surface area (Å²) in [5.41, 5.74) is 10.1. The van der Waals surface area contributed by atoms with Gasteiger partial charge in [0.05, 0.1) is 22.1 Å². The van der Waals surface area contributed by atoms with Crippen LogP contribution >= 0.6 is 0 Å². The monoisotopic (exact) mass is 401 g/mol. The van der Waals surface area contributed by atoms with Crippen LogP contribution in [-0.2, 0) is 6.54 Å². The Bertz CT molecular complexity index is 1680. The van der Waals surface area contributed by atoms with Gasteiger partial charge in [0.1, 0.15) is 22.8 Å². The lowest BCUT2D eigenvalue weighted by Gasteiger charge is -2.06. The fourth-order valence-corrected chi connectivity index (χ4v) is 4.45. The summed E-state index contributed by atoms with van der Waals surface area (Å²) in [7, 11) is 0. The van der Waals surface area contributed by atoms with Crippen LogP contribution < -0.4 is 0 Å². The SMILES string of the molecule is Cc1cc2nc3c(C#N)c4n(Cc5ccccc5)c5ccccc5n4c3nc2cc1C. The number of rotatable bonds is 2. The Morgan fingerprint density at radius 2 is 1.48 bits per heavy atom. The van der Waals surface area contributed by atoms with Crippen molar-refractivity contribution in [3.05, 3.63) is 89.0 Å². The minimum Gasteiger partial charge on any atom is -0.320 e. The molecule has 6 aromatic rings. The van der Waals surface area contributed by atoms with Crippen LogP contribution in [0.4, 0.5) is 0 Å². The molecule has 5 heteroatoms. The summed E-state index contributed by atoms with van der Waals surface area (Å²) in [5.74, 6) is 0. The molecule has 0 aliphatic rings. The quantitative estimate of drug-likeness (QED) is 0.383. The summed E-state index contributed by atoms with van der Waals surface area (Å²) < 4.78 is 4.29. The third-order valence-corrected chi connectivity index (χ3v) is 6.11. The number of hydrogen-bond donors (Lipinski definition) is 0. The molecule has 31 heavy (non-hydrogen) atoms. The summed E-state index contributed by atoms with van der Waals surface area (Å²) >= 11 is 0. The molecule has 148 valence electrons. The third kappa shape index (κ3) is 2.48. The van der Waals surface area contributed by atoms with E-state index in [0.29, 0.717) is 17.6 Å². The fourth-order valence-electron chi connectivity index (χ4n) is 4.45. The lowest BCUT2D eigenvalue weighted by atomic mass is 10.1. The van der Waals surface area contributed by atoms with E-state index < -0.39 is 0 Å². The fraction of sp³-hybridized carbons (Fsp3) is 0.115. The number of nitriles is 1. The Kier molecular flexibility index (Phi) is 3.66. The second-order valence-electron chi connectivity index (χ2n) is 8.03. The van der Waals surface area contributed by atoms with Crippen LogP contribution in [0.3, 0.4) is 0 Å². The molecule has 0 radical (unpaired) electrons. The smallest absolute Gasteiger partial charge is 0.167 e. The van der Waals surface area contributed by atoms with Crippen molar-refractivity contribution in [1.82, 2.24) is 18.9 Å². The van der Waals surface area contributed by atoms with Gasteiger partial charge in [-0.25, -0.2) is 9.97 Å². The molecule has 0 saturated heterocycles. The van der Waals surface area contributed by atoms with E-state index >= 15 is 0 Å². The lowest BCUT2D eigenvalue weighted by molar-refractivity contribution is 0.858. The molecule has 0 bridgehead atoms. The summed E-state index contributed by atoms with van der Waals surface area (Å²) in [5, 5.41) is 10.2. The molecular weight excluding hydrogens is 382 g/mol. The zero-order valence-corrected chi connectivity index (χ0v) is 17.3. The first-order valence-corrected chi connectivity index (χ1v) is 10.3. The van der Waals surface area contributed by atoms with Gasteiger partial charge in [0.2, 0.25) is 0 Å². The van der Waals surface area contributed by atoms with Gasteiger partial charge in [0.25, 0.3) is 0 Å². The third-order valence-electron chi connectivity index (χ3n) is 6.11. The molecule has 0 amide bonds. The predicted octanol–water partition coefficient (Wildman–Crippen LogP) is 5.53. The predicted molar refractivity (Wildman–Crippen MR) is 123 cm³/mol. The van der Waals surface area contributed by atoms with Crippen molar-refractivity contribution in [2.45, 2.75) is 20.4 Å². The molecule has 0 aliphatic heterocycles. The van der Waals surface area contributed by atoms with Crippen molar-refractivity contribution < 1.29 is 0 Å². The topological polar surface area (TPSA) is 58.9 Å². The normalized spacial score (nSPS) is 11.6. The first-order chi connectivity index (χ1) is 15.2. The van der Waals surface area contributed by atoms with Gasteiger partial charge in [0, 0.05) is 6.54 Å². The average Bonchev–Trinajstić information content (AvgIpc) is 3.26. The van der Waals surface area contributed by atoms with E-state index in [9.17, 15) is 5.26 Å². The molecule has 3 aromatic carbocycles. The van der Waals surface area contributed by atoms with Crippen LogP contribution in [-0.4, -0.2) is 18.9 Å². The highest BCUT2D eigenvalue weighted by Crippen LogP contribution is 2.33. The van der Waals surface area contributed by atoms with Gasteiger partial charge < -0.3 is 4.57 Å². The number of hydrogen-bond acceptors (Lipinski definition) is 3.